The molecule has 18 heavy (non-hydrogen) atoms. The van der Waals surface area contributed by atoms with Gasteiger partial charge in [-0.3, -0.25) is 4.99 Å². The van der Waals surface area contributed by atoms with Crippen molar-refractivity contribution in [3.05, 3.63) is 0 Å². The van der Waals surface area contributed by atoms with E-state index in [-0.39, 0.29) is 24.0 Å². The summed E-state index contributed by atoms with van der Waals surface area (Å²) >= 11 is 0. The molecule has 0 bridgehead atoms. The zero-order valence-corrected chi connectivity index (χ0v) is 14.8. The second kappa shape index (κ2) is 13.4. The average Bonchev–Trinajstić information content (AvgIpc) is 2.35. The van der Waals surface area contributed by atoms with Crippen LogP contribution in [0.2, 0.25) is 0 Å². The Morgan fingerprint density at radius 3 is 1.94 bits per heavy atom. The van der Waals surface area contributed by atoms with Crippen LogP contribution in [0.25, 0.3) is 0 Å². The fourth-order valence-electron chi connectivity index (χ4n) is 1.83. The van der Waals surface area contributed by atoms with Gasteiger partial charge in [0.25, 0.3) is 0 Å². The minimum absolute atomic E-state index is 0. The number of rotatable bonds is 9. The first-order valence-electron chi connectivity index (χ1n) is 6.96. The number of nitrogens with two attached hydrogens (primary N) is 1. The van der Waals surface area contributed by atoms with Crippen LogP contribution in [0.15, 0.2) is 4.99 Å². The summed E-state index contributed by atoms with van der Waals surface area (Å²) in [5, 5.41) is 0. The van der Waals surface area contributed by atoms with Gasteiger partial charge in [0.1, 0.15) is 0 Å². The van der Waals surface area contributed by atoms with Gasteiger partial charge in [0.05, 0.1) is 0 Å². The van der Waals surface area contributed by atoms with Crippen molar-refractivity contribution in [2.45, 2.75) is 40.5 Å². The lowest BCUT2D eigenvalue weighted by atomic mass is 10.3. The van der Waals surface area contributed by atoms with E-state index in [1.165, 1.54) is 13.0 Å². The molecule has 0 atom stereocenters. The lowest BCUT2D eigenvalue weighted by Gasteiger charge is -2.19. The van der Waals surface area contributed by atoms with E-state index in [9.17, 15) is 0 Å². The molecule has 0 saturated carbocycles. The maximum absolute atomic E-state index is 5.90. The molecule has 0 saturated heterocycles. The van der Waals surface area contributed by atoms with Crippen LogP contribution < -0.4 is 5.73 Å². The van der Waals surface area contributed by atoms with Gasteiger partial charge in [-0.05, 0) is 46.3 Å². The summed E-state index contributed by atoms with van der Waals surface area (Å²) in [4.78, 5) is 8.95. The van der Waals surface area contributed by atoms with Crippen LogP contribution in [0.3, 0.4) is 0 Å². The van der Waals surface area contributed by atoms with E-state index in [0.717, 1.165) is 39.1 Å². The molecule has 0 radical (unpaired) electrons. The highest BCUT2D eigenvalue weighted by atomic mass is 127. The summed E-state index contributed by atoms with van der Waals surface area (Å²) in [5.74, 6) is 0.692. The fraction of sp³-hybridized carbons (Fsp3) is 0.923. The molecule has 0 aliphatic rings. The normalized spacial score (nSPS) is 11.5. The molecule has 5 heteroatoms. The van der Waals surface area contributed by atoms with Crippen molar-refractivity contribution >= 4 is 29.9 Å². The van der Waals surface area contributed by atoms with Crippen molar-refractivity contribution in [2.75, 3.05) is 39.3 Å². The Balaban J connectivity index is 0. The molecule has 0 aliphatic heterocycles. The topological polar surface area (TPSA) is 44.9 Å². The average molecular weight is 370 g/mol. The van der Waals surface area contributed by atoms with Crippen molar-refractivity contribution in [3.63, 3.8) is 0 Å². The molecule has 2 N–H and O–H groups in total. The summed E-state index contributed by atoms with van der Waals surface area (Å²) in [6.07, 6.45) is 2.33. The molecule has 0 aliphatic carbocycles. The molecule has 4 nitrogen and oxygen atoms in total. The predicted molar refractivity (Wildman–Crippen MR) is 91.8 cm³/mol. The SMILES string of the molecule is CCN(CC)CCCCN=C(N)N(CC)CC.I. The molecule has 0 amide bonds. The van der Waals surface area contributed by atoms with Gasteiger partial charge in [0.15, 0.2) is 5.96 Å². The summed E-state index contributed by atoms with van der Waals surface area (Å²) in [7, 11) is 0. The Hall–Kier alpha value is -0.0400. The van der Waals surface area contributed by atoms with Crippen molar-refractivity contribution in [2.24, 2.45) is 10.7 Å². The molecule has 0 aromatic rings. The molecule has 110 valence electrons. The maximum Gasteiger partial charge on any atom is 0.191 e. The van der Waals surface area contributed by atoms with Crippen LogP contribution in [0.5, 0.6) is 0 Å². The molecule has 0 rings (SSSR count). The Labute approximate surface area is 130 Å². The number of nitrogens with zero attached hydrogens (tertiary/aromatic N) is 3. The molecular weight excluding hydrogens is 339 g/mol. The van der Waals surface area contributed by atoms with Gasteiger partial charge < -0.3 is 15.5 Å². The monoisotopic (exact) mass is 370 g/mol. The number of hydrogen-bond acceptors (Lipinski definition) is 2. The first-order valence-corrected chi connectivity index (χ1v) is 6.96. The van der Waals surface area contributed by atoms with E-state index in [2.05, 4.69) is 42.5 Å². The number of halogens is 1. The second-order valence-corrected chi connectivity index (χ2v) is 4.15. The van der Waals surface area contributed by atoms with E-state index < -0.39 is 0 Å². The van der Waals surface area contributed by atoms with Gasteiger partial charge >= 0.3 is 0 Å². The van der Waals surface area contributed by atoms with Crippen LogP contribution in [-0.2, 0) is 0 Å². The van der Waals surface area contributed by atoms with Gasteiger partial charge in [-0.1, -0.05) is 13.8 Å². The van der Waals surface area contributed by atoms with Gasteiger partial charge in [0.2, 0.25) is 0 Å². The molecule has 0 heterocycles. The van der Waals surface area contributed by atoms with Crippen LogP contribution in [0, 0.1) is 0 Å². The third kappa shape index (κ3) is 8.97. The minimum atomic E-state index is 0. The lowest BCUT2D eigenvalue weighted by molar-refractivity contribution is 0.297. The zero-order valence-electron chi connectivity index (χ0n) is 12.5. The third-order valence-corrected chi connectivity index (χ3v) is 3.14. The smallest absolute Gasteiger partial charge is 0.191 e. The highest BCUT2D eigenvalue weighted by molar-refractivity contribution is 14.0. The molecular formula is C13H31IN4. The van der Waals surface area contributed by atoms with Gasteiger partial charge in [-0.15, -0.1) is 24.0 Å². The number of aliphatic imine (C=N–C) groups is 1. The standard InChI is InChI=1S/C13H30N4.HI/c1-5-16(6-2)12-10-9-11-15-13(14)17(7-3)8-4;/h5-12H2,1-4H3,(H2,14,15);1H. The molecule has 0 fully saturated rings. The summed E-state index contributed by atoms with van der Waals surface area (Å²) < 4.78 is 0. The van der Waals surface area contributed by atoms with Crippen molar-refractivity contribution < 1.29 is 0 Å². The maximum atomic E-state index is 5.90. The van der Waals surface area contributed by atoms with Crippen LogP contribution in [0.4, 0.5) is 0 Å². The quantitative estimate of drug-likeness (QED) is 0.293. The van der Waals surface area contributed by atoms with Crippen LogP contribution in [-0.4, -0.2) is 55.0 Å². The largest absolute Gasteiger partial charge is 0.370 e. The summed E-state index contributed by atoms with van der Waals surface area (Å²) in [6, 6.07) is 0. The Morgan fingerprint density at radius 2 is 1.50 bits per heavy atom. The highest BCUT2D eigenvalue weighted by Gasteiger charge is 2.01. The van der Waals surface area contributed by atoms with Crippen LogP contribution in [0.1, 0.15) is 40.5 Å². The van der Waals surface area contributed by atoms with Gasteiger partial charge in [0, 0.05) is 19.6 Å². The first kappa shape index (κ1) is 20.3. The second-order valence-electron chi connectivity index (χ2n) is 4.15. The fourth-order valence-corrected chi connectivity index (χ4v) is 1.83. The zero-order chi connectivity index (χ0) is 13.1. The predicted octanol–water partition coefficient (Wildman–Crippen LogP) is 2.38. The molecule has 0 aromatic heterocycles. The number of guanidine groups is 1. The van der Waals surface area contributed by atoms with E-state index >= 15 is 0 Å². The third-order valence-electron chi connectivity index (χ3n) is 3.14. The number of hydrogen-bond donors (Lipinski definition) is 1. The lowest BCUT2D eigenvalue weighted by Crippen LogP contribution is -2.37. The van der Waals surface area contributed by atoms with Crippen molar-refractivity contribution in [1.29, 1.82) is 0 Å². The highest BCUT2D eigenvalue weighted by Crippen LogP contribution is 1.96. The first-order chi connectivity index (χ1) is 8.19. The van der Waals surface area contributed by atoms with E-state index in [4.69, 9.17) is 5.73 Å². The van der Waals surface area contributed by atoms with Crippen LogP contribution >= 0.6 is 24.0 Å². The van der Waals surface area contributed by atoms with Gasteiger partial charge in [-0.2, -0.15) is 0 Å². The summed E-state index contributed by atoms with van der Waals surface area (Å²) in [5.41, 5.74) is 5.90. The van der Waals surface area contributed by atoms with Gasteiger partial charge in [-0.25, -0.2) is 0 Å². The van der Waals surface area contributed by atoms with E-state index in [1.54, 1.807) is 0 Å². The van der Waals surface area contributed by atoms with E-state index in [1.807, 2.05) is 0 Å². The summed E-state index contributed by atoms with van der Waals surface area (Å²) in [6.45, 7) is 14.8. The molecule has 0 aromatic carbocycles. The molecule has 0 unspecified atom stereocenters. The van der Waals surface area contributed by atoms with Crippen molar-refractivity contribution in [1.82, 2.24) is 9.80 Å². The Morgan fingerprint density at radius 1 is 0.944 bits per heavy atom. The van der Waals surface area contributed by atoms with E-state index in [0.29, 0.717) is 5.96 Å². The molecule has 0 spiro atoms. The Bertz CT molecular complexity index is 201. The minimum Gasteiger partial charge on any atom is -0.370 e. The Kier molecular flexibility index (Phi) is 15.1. The van der Waals surface area contributed by atoms with Crippen molar-refractivity contribution in [3.8, 4) is 0 Å². The number of unbranched alkanes of at least 4 members (excludes halogenated alkanes) is 1.